The molecule has 0 aromatic heterocycles. The highest BCUT2D eigenvalue weighted by molar-refractivity contribution is 6.00. The third kappa shape index (κ3) is 3.23. The highest BCUT2D eigenvalue weighted by Crippen LogP contribution is 2.66. The van der Waals surface area contributed by atoms with Crippen LogP contribution < -0.4 is 5.32 Å². The summed E-state index contributed by atoms with van der Waals surface area (Å²) in [4.78, 5) is 0. The summed E-state index contributed by atoms with van der Waals surface area (Å²) < 4.78 is 0. The molecular weight excluding hydrogens is 434 g/mol. The topological polar surface area (TPSA) is 12.0 Å². The van der Waals surface area contributed by atoms with Gasteiger partial charge in [-0.05, 0) is 74.9 Å². The van der Waals surface area contributed by atoms with Gasteiger partial charge in [-0.1, -0.05) is 117 Å². The van der Waals surface area contributed by atoms with E-state index in [-0.39, 0.29) is 5.41 Å². The minimum atomic E-state index is -0.122. The van der Waals surface area contributed by atoms with Crippen molar-refractivity contribution in [2.75, 3.05) is 12.4 Å². The zero-order chi connectivity index (χ0) is 24.7. The van der Waals surface area contributed by atoms with E-state index < -0.39 is 0 Å². The lowest BCUT2D eigenvalue weighted by molar-refractivity contribution is 0.777. The fourth-order valence-electron chi connectivity index (χ4n) is 6.40. The molecule has 36 heavy (non-hydrogen) atoms. The van der Waals surface area contributed by atoms with E-state index in [4.69, 9.17) is 0 Å². The summed E-state index contributed by atoms with van der Waals surface area (Å²) in [6, 6.07) is 37.3. The Hall–Kier alpha value is -3.84. The minimum absolute atomic E-state index is 0.122. The number of para-hydroxylation sites is 1. The van der Waals surface area contributed by atoms with Gasteiger partial charge in [-0.3, -0.25) is 0 Å². The van der Waals surface area contributed by atoms with E-state index >= 15 is 0 Å². The SMILES string of the molecule is C1=C2C(=CC3CC13)C1(c3ccccc32)c2ccccc2-c2ccccc21.CC.CNc1ccccc1. The molecule has 4 aliphatic rings. The largest absolute Gasteiger partial charge is 0.388 e. The number of anilines is 1. The standard InChI is InChI=1S/C26H18.C7H9N.C2H6/c1-4-10-22-18(7-1)19-8-2-5-11-23(19)26(22)24-12-6-3-9-20(24)21-14-16-13-17(16)15-25(21)26;1-8-7-5-3-2-4-6-7;1-2/h1-12,14-17H,13H2;2-6,8H,1H3;1-2H3. The van der Waals surface area contributed by atoms with Crippen molar-refractivity contribution in [1.82, 2.24) is 0 Å². The first-order chi connectivity index (χ1) is 17.8. The number of fused-ring (bicyclic) bond motifs is 11. The molecular formula is C35H33N. The van der Waals surface area contributed by atoms with E-state index in [0.29, 0.717) is 0 Å². The van der Waals surface area contributed by atoms with Crippen molar-refractivity contribution in [3.05, 3.63) is 143 Å². The maximum atomic E-state index is 3.03. The van der Waals surface area contributed by atoms with Crippen molar-refractivity contribution < 1.29 is 0 Å². The number of rotatable bonds is 1. The third-order valence-corrected chi connectivity index (χ3v) is 7.98. The van der Waals surface area contributed by atoms with Crippen LogP contribution in [-0.4, -0.2) is 7.05 Å². The molecule has 4 aromatic rings. The summed E-state index contributed by atoms with van der Waals surface area (Å²) in [5.41, 5.74) is 12.7. The van der Waals surface area contributed by atoms with Gasteiger partial charge in [0.05, 0.1) is 5.41 Å². The van der Waals surface area contributed by atoms with Crippen molar-refractivity contribution in [3.63, 3.8) is 0 Å². The van der Waals surface area contributed by atoms with Crippen LogP contribution in [0.3, 0.4) is 0 Å². The summed E-state index contributed by atoms with van der Waals surface area (Å²) in [5.74, 6) is 1.52. The van der Waals surface area contributed by atoms with Crippen LogP contribution in [0, 0.1) is 11.8 Å². The van der Waals surface area contributed by atoms with E-state index in [1.807, 2.05) is 51.2 Å². The van der Waals surface area contributed by atoms with E-state index in [1.54, 1.807) is 0 Å². The molecule has 2 unspecified atom stereocenters. The molecule has 0 aliphatic heterocycles. The Morgan fingerprint density at radius 1 is 0.583 bits per heavy atom. The second-order valence-corrected chi connectivity index (χ2v) is 9.73. The molecule has 4 aromatic carbocycles. The molecule has 0 amide bonds. The lowest BCUT2D eigenvalue weighted by atomic mass is 9.69. The van der Waals surface area contributed by atoms with Gasteiger partial charge in [0.1, 0.15) is 0 Å². The number of hydrogen-bond donors (Lipinski definition) is 1. The Morgan fingerprint density at radius 2 is 1.06 bits per heavy atom. The summed E-state index contributed by atoms with van der Waals surface area (Å²) in [5, 5.41) is 3.03. The van der Waals surface area contributed by atoms with Crippen molar-refractivity contribution in [1.29, 1.82) is 0 Å². The Morgan fingerprint density at radius 3 is 1.61 bits per heavy atom. The molecule has 1 nitrogen and oxygen atoms in total. The van der Waals surface area contributed by atoms with Gasteiger partial charge in [0, 0.05) is 12.7 Å². The van der Waals surface area contributed by atoms with Gasteiger partial charge >= 0.3 is 0 Å². The van der Waals surface area contributed by atoms with Gasteiger partial charge in [0.2, 0.25) is 0 Å². The van der Waals surface area contributed by atoms with Crippen LogP contribution in [0.4, 0.5) is 5.69 Å². The first kappa shape index (κ1) is 22.6. The summed E-state index contributed by atoms with van der Waals surface area (Å²) in [6.45, 7) is 4.00. The average Bonchev–Trinajstić information content (AvgIpc) is 3.60. The molecule has 1 heteroatoms. The molecule has 0 radical (unpaired) electrons. The quantitative estimate of drug-likeness (QED) is 0.295. The van der Waals surface area contributed by atoms with Gasteiger partial charge in [-0.2, -0.15) is 0 Å². The molecule has 0 heterocycles. The second kappa shape index (κ2) is 8.99. The molecule has 0 saturated heterocycles. The van der Waals surface area contributed by atoms with Crippen LogP contribution >= 0.6 is 0 Å². The Balaban J connectivity index is 0.000000206. The van der Waals surface area contributed by atoms with E-state index in [9.17, 15) is 0 Å². The Kier molecular flexibility index (Phi) is 5.64. The molecule has 1 spiro atoms. The molecule has 0 bridgehead atoms. The number of allylic oxidation sites excluding steroid dienone is 4. The van der Waals surface area contributed by atoms with Gasteiger partial charge in [-0.15, -0.1) is 0 Å². The molecule has 2 atom stereocenters. The second-order valence-electron chi connectivity index (χ2n) is 9.73. The first-order valence-corrected chi connectivity index (χ1v) is 13.3. The highest BCUT2D eigenvalue weighted by atomic mass is 14.8. The normalized spacial score (nSPS) is 20.0. The fourth-order valence-corrected chi connectivity index (χ4v) is 6.40. The zero-order valence-corrected chi connectivity index (χ0v) is 21.3. The monoisotopic (exact) mass is 467 g/mol. The molecule has 1 fully saturated rings. The maximum Gasteiger partial charge on any atom is 0.0722 e. The van der Waals surface area contributed by atoms with Crippen LogP contribution in [0.5, 0.6) is 0 Å². The van der Waals surface area contributed by atoms with Crippen LogP contribution in [-0.2, 0) is 5.41 Å². The summed E-state index contributed by atoms with van der Waals surface area (Å²) in [6.07, 6.45) is 6.50. The van der Waals surface area contributed by atoms with E-state index in [0.717, 1.165) is 17.5 Å². The van der Waals surface area contributed by atoms with Crippen molar-refractivity contribution in [3.8, 4) is 11.1 Å². The smallest absolute Gasteiger partial charge is 0.0722 e. The Bertz CT molecular complexity index is 1430. The highest BCUT2D eigenvalue weighted by Gasteiger charge is 2.55. The van der Waals surface area contributed by atoms with Crippen LogP contribution in [0.15, 0.2) is 121 Å². The zero-order valence-electron chi connectivity index (χ0n) is 21.3. The number of nitrogens with one attached hydrogen (secondary N) is 1. The predicted octanol–water partition coefficient (Wildman–Crippen LogP) is 8.73. The predicted molar refractivity (Wildman–Crippen MR) is 153 cm³/mol. The van der Waals surface area contributed by atoms with Gasteiger partial charge < -0.3 is 5.32 Å². The van der Waals surface area contributed by atoms with Crippen molar-refractivity contribution in [2.45, 2.75) is 25.7 Å². The van der Waals surface area contributed by atoms with Crippen molar-refractivity contribution >= 4 is 11.3 Å². The van der Waals surface area contributed by atoms with E-state index in [1.165, 1.54) is 50.9 Å². The summed E-state index contributed by atoms with van der Waals surface area (Å²) >= 11 is 0. The molecule has 1 N–H and O–H groups in total. The molecule has 8 rings (SSSR count). The number of hydrogen-bond acceptors (Lipinski definition) is 1. The molecule has 1 saturated carbocycles. The van der Waals surface area contributed by atoms with Gasteiger partial charge in [0.25, 0.3) is 0 Å². The van der Waals surface area contributed by atoms with Gasteiger partial charge in [-0.25, -0.2) is 0 Å². The number of benzene rings is 4. The fraction of sp³-hybridized carbons (Fsp3) is 0.200. The summed E-state index contributed by atoms with van der Waals surface area (Å²) in [7, 11) is 1.91. The van der Waals surface area contributed by atoms with Crippen molar-refractivity contribution in [2.24, 2.45) is 11.8 Å². The lowest BCUT2D eigenvalue weighted by Gasteiger charge is -2.31. The first-order valence-electron chi connectivity index (χ1n) is 13.3. The third-order valence-electron chi connectivity index (χ3n) is 7.98. The molecule has 4 aliphatic carbocycles. The lowest BCUT2D eigenvalue weighted by Crippen LogP contribution is -2.26. The van der Waals surface area contributed by atoms with Crippen LogP contribution in [0.1, 0.15) is 42.5 Å². The Labute approximate surface area is 215 Å². The van der Waals surface area contributed by atoms with Crippen LogP contribution in [0.2, 0.25) is 0 Å². The van der Waals surface area contributed by atoms with Gasteiger partial charge in [0.15, 0.2) is 0 Å². The van der Waals surface area contributed by atoms with E-state index in [2.05, 4.69) is 90.3 Å². The maximum absolute atomic E-state index is 3.03. The average molecular weight is 468 g/mol. The minimum Gasteiger partial charge on any atom is -0.388 e. The van der Waals surface area contributed by atoms with Crippen LogP contribution in [0.25, 0.3) is 16.7 Å². The molecule has 178 valence electrons.